The van der Waals surface area contributed by atoms with E-state index < -0.39 is 0 Å². The van der Waals surface area contributed by atoms with Gasteiger partial charge in [0.1, 0.15) is 11.9 Å². The van der Waals surface area contributed by atoms with Gasteiger partial charge in [0, 0.05) is 0 Å². The second-order valence-electron chi connectivity index (χ2n) is 5.79. The molecule has 0 aromatic heterocycles. The normalized spacial score (nSPS) is 14.8. The molecule has 1 amide bonds. The Balaban J connectivity index is 0.00000242. The van der Waals surface area contributed by atoms with E-state index in [2.05, 4.69) is 17.6 Å². The number of halogens is 1. The Morgan fingerprint density at radius 2 is 2.09 bits per heavy atom. The number of nitrogens with one attached hydrogen (secondary N) is 2. The highest BCUT2D eigenvalue weighted by Gasteiger charge is 2.20. The minimum Gasteiger partial charge on any atom is -0.488 e. The summed E-state index contributed by atoms with van der Waals surface area (Å²) in [5, 5.41) is 6.14. The summed E-state index contributed by atoms with van der Waals surface area (Å²) in [6.07, 6.45) is 3.48. The van der Waals surface area contributed by atoms with Crippen LogP contribution < -0.4 is 15.4 Å². The molecule has 1 aromatic rings. The third-order valence-corrected chi connectivity index (χ3v) is 3.78. The first kappa shape index (κ1) is 18.8. The van der Waals surface area contributed by atoms with Crippen LogP contribution in [0.4, 0.5) is 0 Å². The van der Waals surface area contributed by atoms with Gasteiger partial charge in [-0.05, 0) is 50.3 Å². The number of benzene rings is 1. The van der Waals surface area contributed by atoms with Crippen LogP contribution in [0.5, 0.6) is 5.75 Å². The van der Waals surface area contributed by atoms with Crippen molar-refractivity contribution in [2.75, 3.05) is 19.6 Å². The van der Waals surface area contributed by atoms with E-state index in [0.717, 1.165) is 30.2 Å². The summed E-state index contributed by atoms with van der Waals surface area (Å²) in [6.45, 7) is 6.01. The first-order valence-electron chi connectivity index (χ1n) is 7.88. The quantitative estimate of drug-likeness (QED) is 0.733. The maximum Gasteiger partial charge on any atom is 0.234 e. The molecule has 1 unspecified atom stereocenters. The van der Waals surface area contributed by atoms with E-state index >= 15 is 0 Å². The van der Waals surface area contributed by atoms with Gasteiger partial charge >= 0.3 is 0 Å². The zero-order chi connectivity index (χ0) is 15.1. The van der Waals surface area contributed by atoms with Crippen LogP contribution >= 0.6 is 12.4 Å². The number of carbonyl (C=O) groups is 1. The molecule has 0 saturated heterocycles. The highest BCUT2D eigenvalue weighted by Crippen LogP contribution is 2.27. The molecule has 0 bridgehead atoms. The van der Waals surface area contributed by atoms with E-state index in [4.69, 9.17) is 4.74 Å². The van der Waals surface area contributed by atoms with Gasteiger partial charge in [-0.3, -0.25) is 4.79 Å². The maximum absolute atomic E-state index is 11.8. The van der Waals surface area contributed by atoms with E-state index in [1.165, 1.54) is 12.8 Å². The number of rotatable bonds is 9. The Hall–Kier alpha value is -1.26. The molecule has 2 N–H and O–H groups in total. The summed E-state index contributed by atoms with van der Waals surface area (Å²) in [6, 6.07) is 7.96. The molecule has 2 rings (SSSR count). The lowest BCUT2D eigenvalue weighted by Crippen LogP contribution is -2.40. The van der Waals surface area contributed by atoms with Crippen LogP contribution in [0.2, 0.25) is 0 Å². The lowest BCUT2D eigenvalue weighted by atomic mass is 10.2. The molecule has 1 aliphatic rings. The van der Waals surface area contributed by atoms with Crippen molar-refractivity contribution in [2.24, 2.45) is 5.92 Å². The zero-order valence-electron chi connectivity index (χ0n) is 13.4. The zero-order valence-corrected chi connectivity index (χ0v) is 14.2. The van der Waals surface area contributed by atoms with Crippen molar-refractivity contribution in [1.82, 2.24) is 10.6 Å². The summed E-state index contributed by atoms with van der Waals surface area (Å²) in [7, 11) is 0. The van der Waals surface area contributed by atoms with Crippen LogP contribution in [0.1, 0.15) is 31.7 Å². The first-order chi connectivity index (χ1) is 10.2. The summed E-state index contributed by atoms with van der Waals surface area (Å²) >= 11 is 0. The largest absolute Gasteiger partial charge is 0.488 e. The van der Waals surface area contributed by atoms with Gasteiger partial charge in [-0.15, -0.1) is 12.4 Å². The fourth-order valence-corrected chi connectivity index (χ4v) is 2.14. The minimum atomic E-state index is 0. The van der Waals surface area contributed by atoms with Crippen LogP contribution in [-0.2, 0) is 4.79 Å². The van der Waals surface area contributed by atoms with Crippen LogP contribution in [0.25, 0.3) is 0 Å². The Morgan fingerprint density at radius 3 is 2.73 bits per heavy atom. The standard InChI is InChI=1S/C17H26N2O2.ClH/c1-3-15(21-16-7-5-4-6-13(16)2)11-19-17(20)12-18-10-14-8-9-14;/h4-7,14-15,18H,3,8-12H2,1-2H3,(H,19,20);1H. The molecular weight excluding hydrogens is 300 g/mol. The first-order valence-corrected chi connectivity index (χ1v) is 7.88. The number of carbonyl (C=O) groups excluding carboxylic acids is 1. The van der Waals surface area contributed by atoms with Gasteiger partial charge in [-0.25, -0.2) is 0 Å². The van der Waals surface area contributed by atoms with Gasteiger partial charge in [-0.2, -0.15) is 0 Å². The minimum absolute atomic E-state index is 0. The molecule has 0 spiro atoms. The fourth-order valence-electron chi connectivity index (χ4n) is 2.14. The molecule has 22 heavy (non-hydrogen) atoms. The average molecular weight is 327 g/mol. The number of aryl methyl sites for hydroxylation is 1. The van der Waals surface area contributed by atoms with Gasteiger partial charge in [0.05, 0.1) is 13.1 Å². The van der Waals surface area contributed by atoms with E-state index in [-0.39, 0.29) is 24.4 Å². The van der Waals surface area contributed by atoms with Crippen LogP contribution in [0.15, 0.2) is 24.3 Å². The monoisotopic (exact) mass is 326 g/mol. The lowest BCUT2D eigenvalue weighted by Gasteiger charge is -2.19. The maximum atomic E-state index is 11.8. The SMILES string of the molecule is CCC(CNC(=O)CNCC1CC1)Oc1ccccc1C.Cl. The van der Waals surface area contributed by atoms with Crippen molar-refractivity contribution in [2.45, 2.75) is 39.2 Å². The molecular formula is C17H27ClN2O2. The summed E-state index contributed by atoms with van der Waals surface area (Å²) in [5.74, 6) is 1.73. The summed E-state index contributed by atoms with van der Waals surface area (Å²) in [4.78, 5) is 11.8. The number of amides is 1. The average Bonchev–Trinajstić information content (AvgIpc) is 3.29. The molecule has 1 fully saturated rings. The molecule has 0 heterocycles. The third kappa shape index (κ3) is 6.67. The van der Waals surface area contributed by atoms with Crippen molar-refractivity contribution >= 4 is 18.3 Å². The molecule has 124 valence electrons. The van der Waals surface area contributed by atoms with Gasteiger partial charge < -0.3 is 15.4 Å². The molecule has 1 saturated carbocycles. The van der Waals surface area contributed by atoms with E-state index in [9.17, 15) is 4.79 Å². The predicted octanol–water partition coefficient (Wildman–Crippen LogP) is 2.69. The summed E-state index contributed by atoms with van der Waals surface area (Å²) < 4.78 is 5.96. The van der Waals surface area contributed by atoms with E-state index in [1.54, 1.807) is 0 Å². The Morgan fingerprint density at radius 1 is 1.36 bits per heavy atom. The topological polar surface area (TPSA) is 50.4 Å². The molecule has 0 radical (unpaired) electrons. The third-order valence-electron chi connectivity index (χ3n) is 3.78. The molecule has 0 aliphatic heterocycles. The van der Waals surface area contributed by atoms with Gasteiger partial charge in [0.2, 0.25) is 5.91 Å². The molecule has 4 nitrogen and oxygen atoms in total. The molecule has 5 heteroatoms. The molecule has 1 aromatic carbocycles. The lowest BCUT2D eigenvalue weighted by molar-refractivity contribution is -0.120. The Bertz CT molecular complexity index is 464. The Kier molecular flexibility index (Phi) is 8.28. The van der Waals surface area contributed by atoms with Gasteiger partial charge in [0.15, 0.2) is 0 Å². The van der Waals surface area contributed by atoms with Crippen LogP contribution in [0.3, 0.4) is 0 Å². The highest BCUT2D eigenvalue weighted by molar-refractivity contribution is 5.85. The van der Waals surface area contributed by atoms with Crippen molar-refractivity contribution in [3.63, 3.8) is 0 Å². The molecule has 1 aliphatic carbocycles. The second kappa shape index (κ2) is 9.70. The number of para-hydroxylation sites is 1. The fraction of sp³-hybridized carbons (Fsp3) is 0.588. The van der Waals surface area contributed by atoms with E-state index in [1.807, 2.05) is 31.2 Å². The van der Waals surface area contributed by atoms with Crippen LogP contribution in [-0.4, -0.2) is 31.6 Å². The van der Waals surface area contributed by atoms with Gasteiger partial charge in [0.25, 0.3) is 0 Å². The van der Waals surface area contributed by atoms with Gasteiger partial charge in [-0.1, -0.05) is 25.1 Å². The molecule has 1 atom stereocenters. The van der Waals surface area contributed by atoms with Crippen LogP contribution in [0, 0.1) is 12.8 Å². The van der Waals surface area contributed by atoms with E-state index in [0.29, 0.717) is 13.1 Å². The number of ether oxygens (including phenoxy) is 1. The summed E-state index contributed by atoms with van der Waals surface area (Å²) in [5.41, 5.74) is 1.12. The van der Waals surface area contributed by atoms with Crippen molar-refractivity contribution in [1.29, 1.82) is 0 Å². The van der Waals surface area contributed by atoms with Crippen molar-refractivity contribution in [3.05, 3.63) is 29.8 Å². The highest BCUT2D eigenvalue weighted by atomic mass is 35.5. The van der Waals surface area contributed by atoms with Crippen molar-refractivity contribution in [3.8, 4) is 5.75 Å². The Labute approximate surface area is 139 Å². The predicted molar refractivity (Wildman–Crippen MR) is 91.7 cm³/mol. The second-order valence-corrected chi connectivity index (χ2v) is 5.79. The number of hydrogen-bond acceptors (Lipinski definition) is 3. The van der Waals surface area contributed by atoms with Crippen molar-refractivity contribution < 1.29 is 9.53 Å². The number of hydrogen-bond donors (Lipinski definition) is 2. The smallest absolute Gasteiger partial charge is 0.234 e.